The van der Waals surface area contributed by atoms with Crippen molar-refractivity contribution in [2.75, 3.05) is 0 Å². The summed E-state index contributed by atoms with van der Waals surface area (Å²) >= 11 is 0. The molecule has 0 aromatic carbocycles. The number of carboxylic acids is 1. The minimum atomic E-state index is -0.695. The second-order valence-electron chi connectivity index (χ2n) is 8.95. The number of hydrogen-bond acceptors (Lipinski definition) is 2. The lowest BCUT2D eigenvalue weighted by Crippen LogP contribution is -2.54. The number of allylic oxidation sites excluding steroid dienone is 2. The van der Waals surface area contributed by atoms with Crippen molar-refractivity contribution in [3.63, 3.8) is 0 Å². The molecule has 0 amide bonds. The first kappa shape index (κ1) is 18.5. The molecule has 0 bridgehead atoms. The highest BCUT2D eigenvalue weighted by Gasteiger charge is 2.54. The molecular weight excluding hydrogens is 288 g/mol. The van der Waals surface area contributed by atoms with Crippen molar-refractivity contribution in [2.45, 2.75) is 79.2 Å². The fourth-order valence-electron chi connectivity index (χ4n) is 5.44. The summed E-state index contributed by atoms with van der Waals surface area (Å²) < 4.78 is 0. The summed E-state index contributed by atoms with van der Waals surface area (Å²) in [6.45, 7) is 11.1. The van der Waals surface area contributed by atoms with Gasteiger partial charge in [0.25, 0.3) is 0 Å². The molecule has 0 aromatic rings. The number of hydrogen-bond donors (Lipinski definition) is 2. The van der Waals surface area contributed by atoms with Crippen LogP contribution in [0.2, 0.25) is 0 Å². The molecule has 0 aliphatic heterocycles. The molecule has 0 spiro atoms. The summed E-state index contributed by atoms with van der Waals surface area (Å²) in [5, 5.41) is 19.4. The standard InChI is InChI=1S/C20H34O3/c1-13(12-18(22)23)6-8-15-14(2)7-9-16-19(3,4)17(21)10-11-20(15,16)5/h7,13,15-17,21H,6,8-12H2,1-5H3,(H,22,23). The minimum absolute atomic E-state index is 0.0465. The highest BCUT2D eigenvalue weighted by atomic mass is 16.4. The summed E-state index contributed by atoms with van der Waals surface area (Å²) in [6.07, 6.45) is 7.48. The van der Waals surface area contributed by atoms with E-state index in [2.05, 4.69) is 33.8 Å². The van der Waals surface area contributed by atoms with E-state index in [1.54, 1.807) is 0 Å². The number of fused-ring (bicyclic) bond motifs is 1. The van der Waals surface area contributed by atoms with Gasteiger partial charge >= 0.3 is 5.97 Å². The number of carbonyl (C=O) groups is 1. The van der Waals surface area contributed by atoms with Crippen LogP contribution in [0.25, 0.3) is 0 Å². The van der Waals surface area contributed by atoms with Crippen LogP contribution in [-0.4, -0.2) is 22.3 Å². The summed E-state index contributed by atoms with van der Waals surface area (Å²) in [7, 11) is 0. The Labute approximate surface area is 141 Å². The lowest BCUT2D eigenvalue weighted by molar-refractivity contribution is -0.138. The molecule has 2 N–H and O–H groups in total. The van der Waals surface area contributed by atoms with E-state index >= 15 is 0 Å². The first-order chi connectivity index (χ1) is 10.6. The smallest absolute Gasteiger partial charge is 0.303 e. The third kappa shape index (κ3) is 3.50. The van der Waals surface area contributed by atoms with Crippen LogP contribution in [0.4, 0.5) is 0 Å². The molecule has 2 aliphatic carbocycles. The SMILES string of the molecule is CC1=CCC2C(C)(C)C(O)CCC2(C)C1CCC(C)CC(=O)O. The predicted molar refractivity (Wildman–Crippen MR) is 93.1 cm³/mol. The monoisotopic (exact) mass is 322 g/mol. The average Bonchev–Trinajstić information content (AvgIpc) is 2.42. The third-order valence-electron chi connectivity index (χ3n) is 7.00. The molecule has 132 valence electrons. The fraction of sp³-hybridized carbons (Fsp3) is 0.850. The molecule has 0 heterocycles. The second-order valence-corrected chi connectivity index (χ2v) is 8.95. The zero-order valence-corrected chi connectivity index (χ0v) is 15.4. The van der Waals surface area contributed by atoms with Gasteiger partial charge < -0.3 is 10.2 Å². The van der Waals surface area contributed by atoms with Gasteiger partial charge in [0.05, 0.1) is 6.10 Å². The van der Waals surface area contributed by atoms with Crippen LogP contribution < -0.4 is 0 Å². The number of aliphatic hydroxyl groups excluding tert-OH is 1. The van der Waals surface area contributed by atoms with Crippen LogP contribution in [0.15, 0.2) is 11.6 Å². The molecule has 0 radical (unpaired) electrons. The summed E-state index contributed by atoms with van der Waals surface area (Å²) in [6, 6.07) is 0. The van der Waals surface area contributed by atoms with Gasteiger partial charge in [-0.2, -0.15) is 0 Å². The molecule has 0 aromatic heterocycles. The maximum atomic E-state index is 10.9. The summed E-state index contributed by atoms with van der Waals surface area (Å²) in [5.74, 6) is 0.553. The van der Waals surface area contributed by atoms with E-state index in [1.807, 2.05) is 6.92 Å². The number of carboxylic acid groups (broad SMARTS) is 1. The van der Waals surface area contributed by atoms with Gasteiger partial charge in [-0.05, 0) is 67.6 Å². The van der Waals surface area contributed by atoms with Crippen LogP contribution in [0.3, 0.4) is 0 Å². The Morgan fingerprint density at radius 1 is 1.39 bits per heavy atom. The maximum Gasteiger partial charge on any atom is 0.303 e. The largest absolute Gasteiger partial charge is 0.481 e. The Morgan fingerprint density at radius 2 is 2.04 bits per heavy atom. The van der Waals surface area contributed by atoms with Crippen molar-refractivity contribution in [2.24, 2.45) is 28.6 Å². The van der Waals surface area contributed by atoms with Crippen LogP contribution in [0.1, 0.15) is 73.1 Å². The minimum Gasteiger partial charge on any atom is -0.481 e. The van der Waals surface area contributed by atoms with Crippen LogP contribution in [0.5, 0.6) is 0 Å². The Bertz CT molecular complexity index is 479. The number of aliphatic carboxylic acids is 1. The highest BCUT2D eigenvalue weighted by molar-refractivity contribution is 5.66. The molecule has 2 aliphatic rings. The van der Waals surface area contributed by atoms with E-state index in [-0.39, 0.29) is 29.3 Å². The van der Waals surface area contributed by atoms with E-state index in [0.717, 1.165) is 32.1 Å². The van der Waals surface area contributed by atoms with Gasteiger partial charge in [-0.25, -0.2) is 0 Å². The van der Waals surface area contributed by atoms with Crippen LogP contribution >= 0.6 is 0 Å². The molecule has 3 nitrogen and oxygen atoms in total. The van der Waals surface area contributed by atoms with Gasteiger partial charge in [-0.1, -0.05) is 39.3 Å². The first-order valence-corrected chi connectivity index (χ1v) is 9.15. The van der Waals surface area contributed by atoms with Crippen molar-refractivity contribution < 1.29 is 15.0 Å². The summed E-state index contributed by atoms with van der Waals surface area (Å²) in [5.41, 5.74) is 1.65. The van der Waals surface area contributed by atoms with Crippen molar-refractivity contribution in [1.29, 1.82) is 0 Å². The van der Waals surface area contributed by atoms with Crippen molar-refractivity contribution in [3.05, 3.63) is 11.6 Å². The van der Waals surface area contributed by atoms with Crippen molar-refractivity contribution in [1.82, 2.24) is 0 Å². The Balaban J connectivity index is 2.17. The number of aliphatic hydroxyl groups is 1. The third-order valence-corrected chi connectivity index (χ3v) is 7.00. The second kappa shape index (κ2) is 6.58. The van der Waals surface area contributed by atoms with Gasteiger partial charge in [0.1, 0.15) is 0 Å². The fourth-order valence-corrected chi connectivity index (χ4v) is 5.44. The predicted octanol–water partition coefficient (Wildman–Crippen LogP) is 4.65. The molecular formula is C20H34O3. The maximum absolute atomic E-state index is 10.9. The zero-order chi connectivity index (χ0) is 17.4. The zero-order valence-electron chi connectivity index (χ0n) is 15.4. The van der Waals surface area contributed by atoms with Gasteiger partial charge in [0.15, 0.2) is 0 Å². The van der Waals surface area contributed by atoms with Gasteiger partial charge in [-0.15, -0.1) is 0 Å². The average molecular weight is 322 g/mol. The van der Waals surface area contributed by atoms with Crippen molar-refractivity contribution in [3.8, 4) is 0 Å². The van der Waals surface area contributed by atoms with E-state index in [1.165, 1.54) is 5.57 Å². The lowest BCUT2D eigenvalue weighted by Gasteiger charge is -2.58. The molecule has 1 fully saturated rings. The normalized spacial score (nSPS) is 37.7. The molecule has 5 atom stereocenters. The molecule has 23 heavy (non-hydrogen) atoms. The first-order valence-electron chi connectivity index (χ1n) is 9.15. The lowest BCUT2D eigenvalue weighted by atomic mass is 9.47. The van der Waals surface area contributed by atoms with Gasteiger partial charge in [0.2, 0.25) is 0 Å². The van der Waals surface area contributed by atoms with E-state index in [0.29, 0.717) is 11.8 Å². The van der Waals surface area contributed by atoms with Gasteiger partial charge in [-0.3, -0.25) is 4.79 Å². The Hall–Kier alpha value is -0.830. The van der Waals surface area contributed by atoms with E-state index < -0.39 is 5.97 Å². The van der Waals surface area contributed by atoms with Crippen LogP contribution in [0, 0.1) is 28.6 Å². The topological polar surface area (TPSA) is 57.5 Å². The van der Waals surface area contributed by atoms with E-state index in [4.69, 9.17) is 5.11 Å². The van der Waals surface area contributed by atoms with Crippen LogP contribution in [-0.2, 0) is 4.79 Å². The summed E-state index contributed by atoms with van der Waals surface area (Å²) in [4.78, 5) is 10.9. The quantitative estimate of drug-likeness (QED) is 0.725. The van der Waals surface area contributed by atoms with E-state index in [9.17, 15) is 9.90 Å². The highest BCUT2D eigenvalue weighted by Crippen LogP contribution is 2.60. The van der Waals surface area contributed by atoms with Gasteiger partial charge in [0, 0.05) is 6.42 Å². The molecule has 1 saturated carbocycles. The Morgan fingerprint density at radius 3 is 2.65 bits per heavy atom. The van der Waals surface area contributed by atoms with Crippen molar-refractivity contribution >= 4 is 5.97 Å². The number of rotatable bonds is 5. The molecule has 0 saturated heterocycles. The molecule has 2 rings (SSSR count). The molecule has 5 unspecified atom stereocenters. The molecule has 3 heteroatoms. The Kier molecular flexibility index (Phi) is 5.30.